The summed E-state index contributed by atoms with van der Waals surface area (Å²) in [6.45, 7) is 5.62. The van der Waals surface area contributed by atoms with Gasteiger partial charge in [-0.3, -0.25) is 0 Å². The number of hydrogen-bond acceptors (Lipinski definition) is 5. The number of thiophene rings is 1. The maximum atomic E-state index is 11.6. The van der Waals surface area contributed by atoms with Crippen LogP contribution < -0.4 is 4.90 Å². The summed E-state index contributed by atoms with van der Waals surface area (Å²) in [5.74, 6) is 0.536. The van der Waals surface area contributed by atoms with Gasteiger partial charge in [-0.05, 0) is 37.4 Å². The Morgan fingerprint density at radius 3 is 2.75 bits per heavy atom. The lowest BCUT2D eigenvalue weighted by atomic mass is 10.2. The van der Waals surface area contributed by atoms with Gasteiger partial charge in [0.2, 0.25) is 0 Å². The molecule has 0 fully saturated rings. The summed E-state index contributed by atoms with van der Waals surface area (Å²) >= 11 is 1.73. The van der Waals surface area contributed by atoms with E-state index in [4.69, 9.17) is 4.74 Å². The molecule has 4 nitrogen and oxygen atoms in total. The van der Waals surface area contributed by atoms with Crippen molar-refractivity contribution in [2.75, 3.05) is 18.6 Å². The van der Waals surface area contributed by atoms with Crippen LogP contribution in [-0.2, 0) is 11.3 Å². The van der Waals surface area contributed by atoms with Gasteiger partial charge in [-0.15, -0.1) is 11.3 Å². The van der Waals surface area contributed by atoms with Crippen LogP contribution in [0.1, 0.15) is 27.9 Å². The van der Waals surface area contributed by atoms with E-state index < -0.39 is 0 Å². The largest absolute Gasteiger partial charge is 0.465 e. The van der Waals surface area contributed by atoms with Gasteiger partial charge >= 0.3 is 5.97 Å². The second kappa shape index (κ2) is 6.52. The molecule has 0 spiro atoms. The molecule has 106 valence electrons. The zero-order valence-corrected chi connectivity index (χ0v) is 12.7. The molecule has 0 saturated heterocycles. The number of ether oxygens (including phenoxy) is 1. The maximum absolute atomic E-state index is 11.6. The van der Waals surface area contributed by atoms with Crippen molar-refractivity contribution in [2.45, 2.75) is 20.4 Å². The molecule has 0 amide bonds. The van der Waals surface area contributed by atoms with Gasteiger partial charge in [0.25, 0.3) is 0 Å². The normalized spacial score (nSPS) is 10.3. The van der Waals surface area contributed by atoms with Crippen molar-refractivity contribution >= 4 is 23.1 Å². The van der Waals surface area contributed by atoms with E-state index in [9.17, 15) is 4.79 Å². The number of aryl methyl sites for hydroxylation is 1. The van der Waals surface area contributed by atoms with Gasteiger partial charge in [0.15, 0.2) is 0 Å². The molecule has 0 aliphatic rings. The molecule has 0 N–H and O–H groups in total. The summed E-state index contributed by atoms with van der Waals surface area (Å²) in [4.78, 5) is 19.6. The number of rotatable bonds is 5. The highest BCUT2D eigenvalue weighted by atomic mass is 32.1. The molecule has 0 unspecified atom stereocenters. The lowest BCUT2D eigenvalue weighted by Gasteiger charge is -2.22. The number of carbonyl (C=O) groups excluding carboxylic acids is 1. The van der Waals surface area contributed by atoms with Crippen LogP contribution in [-0.4, -0.2) is 24.6 Å². The molecule has 0 aliphatic heterocycles. The fraction of sp³-hybridized carbons (Fsp3) is 0.333. The molecule has 20 heavy (non-hydrogen) atoms. The van der Waals surface area contributed by atoms with Gasteiger partial charge in [0, 0.05) is 11.4 Å². The first-order chi connectivity index (χ1) is 9.65. The van der Waals surface area contributed by atoms with Gasteiger partial charge < -0.3 is 9.64 Å². The molecule has 5 heteroatoms. The van der Waals surface area contributed by atoms with Crippen LogP contribution >= 0.6 is 11.3 Å². The van der Waals surface area contributed by atoms with Gasteiger partial charge in [0.1, 0.15) is 5.82 Å². The van der Waals surface area contributed by atoms with Crippen molar-refractivity contribution in [3.8, 4) is 0 Å². The van der Waals surface area contributed by atoms with Crippen LogP contribution in [0.3, 0.4) is 0 Å². The van der Waals surface area contributed by atoms with E-state index in [0.29, 0.717) is 11.3 Å². The highest BCUT2D eigenvalue weighted by molar-refractivity contribution is 7.09. The third-order valence-corrected chi connectivity index (χ3v) is 3.97. The van der Waals surface area contributed by atoms with Crippen LogP contribution in [0.15, 0.2) is 29.6 Å². The molecule has 0 bridgehead atoms. The maximum Gasteiger partial charge on any atom is 0.339 e. The molecule has 2 aromatic heterocycles. The summed E-state index contributed by atoms with van der Waals surface area (Å²) < 4.78 is 4.74. The van der Waals surface area contributed by atoms with Crippen LogP contribution in [0.25, 0.3) is 0 Å². The first-order valence-corrected chi connectivity index (χ1v) is 7.37. The van der Waals surface area contributed by atoms with Crippen molar-refractivity contribution in [1.29, 1.82) is 0 Å². The Balaban J connectivity index is 2.22. The molecule has 2 rings (SSSR count). The number of esters is 1. The monoisotopic (exact) mass is 290 g/mol. The lowest BCUT2D eigenvalue weighted by Crippen LogP contribution is -2.23. The molecular formula is C15H18N2O2S. The topological polar surface area (TPSA) is 42.4 Å². The van der Waals surface area contributed by atoms with Crippen LogP contribution in [0, 0.1) is 6.92 Å². The Bertz CT molecular complexity index is 582. The van der Waals surface area contributed by atoms with E-state index in [2.05, 4.69) is 28.3 Å². The SMILES string of the molecule is CCN(Cc1cccs1)c1ccc(C(=O)OC)c(C)n1. The Labute approximate surface area is 123 Å². The van der Waals surface area contributed by atoms with Crippen LogP contribution in [0.4, 0.5) is 5.82 Å². The van der Waals surface area contributed by atoms with Crippen molar-refractivity contribution in [2.24, 2.45) is 0 Å². The van der Waals surface area contributed by atoms with Crippen molar-refractivity contribution in [1.82, 2.24) is 4.98 Å². The number of nitrogens with zero attached hydrogens (tertiary/aromatic N) is 2. The van der Waals surface area contributed by atoms with E-state index in [-0.39, 0.29) is 5.97 Å². The predicted molar refractivity (Wildman–Crippen MR) is 81.4 cm³/mol. The molecule has 0 aromatic carbocycles. The summed E-state index contributed by atoms with van der Waals surface area (Å²) in [5, 5.41) is 2.07. The Morgan fingerprint density at radius 2 is 2.20 bits per heavy atom. The summed E-state index contributed by atoms with van der Waals surface area (Å²) in [7, 11) is 1.38. The summed E-state index contributed by atoms with van der Waals surface area (Å²) in [6.07, 6.45) is 0. The Kier molecular flexibility index (Phi) is 4.74. The second-order valence-electron chi connectivity index (χ2n) is 4.39. The van der Waals surface area contributed by atoms with Crippen LogP contribution in [0.2, 0.25) is 0 Å². The third-order valence-electron chi connectivity index (χ3n) is 3.11. The van der Waals surface area contributed by atoms with Crippen LogP contribution in [0.5, 0.6) is 0 Å². The third kappa shape index (κ3) is 3.17. The van der Waals surface area contributed by atoms with Crippen molar-refractivity contribution in [3.63, 3.8) is 0 Å². The quantitative estimate of drug-likeness (QED) is 0.793. The minimum absolute atomic E-state index is 0.345. The number of aromatic nitrogens is 1. The van der Waals surface area contributed by atoms with Gasteiger partial charge in [-0.25, -0.2) is 9.78 Å². The fourth-order valence-electron chi connectivity index (χ4n) is 2.00. The lowest BCUT2D eigenvalue weighted by molar-refractivity contribution is 0.0599. The summed E-state index contributed by atoms with van der Waals surface area (Å²) in [5.41, 5.74) is 1.21. The van der Waals surface area contributed by atoms with Gasteiger partial charge in [-0.2, -0.15) is 0 Å². The average molecular weight is 290 g/mol. The Morgan fingerprint density at radius 1 is 1.40 bits per heavy atom. The summed E-state index contributed by atoms with van der Waals surface area (Å²) in [6, 6.07) is 7.81. The van der Waals surface area contributed by atoms with E-state index in [1.807, 2.05) is 19.1 Å². The molecule has 0 radical (unpaired) electrons. The number of methoxy groups -OCH3 is 1. The van der Waals surface area contributed by atoms with Crippen molar-refractivity contribution < 1.29 is 9.53 Å². The number of pyridine rings is 1. The molecular weight excluding hydrogens is 272 g/mol. The van der Waals surface area contributed by atoms with E-state index in [0.717, 1.165) is 18.9 Å². The minimum atomic E-state index is -0.345. The zero-order chi connectivity index (χ0) is 14.5. The fourth-order valence-corrected chi connectivity index (χ4v) is 2.71. The standard InChI is InChI=1S/C15H18N2O2S/c1-4-17(10-12-6-5-9-20-12)14-8-7-13(11(2)16-14)15(18)19-3/h5-9H,4,10H2,1-3H3. The number of hydrogen-bond donors (Lipinski definition) is 0. The van der Waals surface area contributed by atoms with E-state index >= 15 is 0 Å². The molecule has 0 atom stereocenters. The smallest absolute Gasteiger partial charge is 0.339 e. The van der Waals surface area contributed by atoms with Gasteiger partial charge in [-0.1, -0.05) is 6.07 Å². The first kappa shape index (κ1) is 14.5. The minimum Gasteiger partial charge on any atom is -0.465 e. The van der Waals surface area contributed by atoms with E-state index in [1.54, 1.807) is 17.4 Å². The number of carbonyl (C=O) groups is 1. The Hall–Kier alpha value is -1.88. The molecule has 0 saturated carbocycles. The zero-order valence-electron chi connectivity index (χ0n) is 11.9. The predicted octanol–water partition coefficient (Wildman–Crippen LogP) is 3.26. The molecule has 0 aliphatic carbocycles. The van der Waals surface area contributed by atoms with E-state index in [1.165, 1.54) is 12.0 Å². The molecule has 2 heterocycles. The number of anilines is 1. The van der Waals surface area contributed by atoms with Gasteiger partial charge in [0.05, 0.1) is 24.9 Å². The first-order valence-electron chi connectivity index (χ1n) is 6.49. The average Bonchev–Trinajstić information content (AvgIpc) is 2.96. The second-order valence-corrected chi connectivity index (χ2v) is 5.42. The highest BCUT2D eigenvalue weighted by Gasteiger charge is 2.13. The highest BCUT2D eigenvalue weighted by Crippen LogP contribution is 2.19. The molecule has 2 aromatic rings. The van der Waals surface area contributed by atoms with Crippen molar-refractivity contribution in [3.05, 3.63) is 45.8 Å².